The number of hydrogen-bond donors (Lipinski definition) is 1. The van der Waals surface area contributed by atoms with Crippen molar-refractivity contribution in [3.05, 3.63) is 0 Å². The normalized spacial score (nSPS) is 20.5. The molecule has 0 spiro atoms. The minimum absolute atomic E-state index is 0.272. The molecule has 0 aliphatic heterocycles. The Morgan fingerprint density at radius 2 is 1.88 bits per heavy atom. The van der Waals surface area contributed by atoms with Gasteiger partial charge in [0, 0.05) is 12.6 Å². The summed E-state index contributed by atoms with van der Waals surface area (Å²) in [5, 5.41) is 3.19. The molecule has 0 radical (unpaired) electrons. The molecule has 1 aliphatic rings. The summed E-state index contributed by atoms with van der Waals surface area (Å²) in [4.78, 5) is 0. The van der Waals surface area contributed by atoms with Gasteiger partial charge in [0.1, 0.15) is 0 Å². The van der Waals surface area contributed by atoms with E-state index in [-0.39, 0.29) is 13.2 Å². The van der Waals surface area contributed by atoms with E-state index < -0.39 is 6.36 Å². The molecule has 1 rings (SSSR count). The van der Waals surface area contributed by atoms with E-state index in [2.05, 4.69) is 17.0 Å². The molecule has 0 bridgehead atoms. The highest BCUT2D eigenvalue weighted by Gasteiger charge is 2.29. The van der Waals surface area contributed by atoms with Gasteiger partial charge in [-0.15, -0.1) is 13.2 Å². The average Bonchev–Trinajstić information content (AvgIpc) is 2.29. The quantitative estimate of drug-likeness (QED) is 0.732. The van der Waals surface area contributed by atoms with E-state index in [9.17, 15) is 13.2 Å². The Morgan fingerprint density at radius 3 is 2.41 bits per heavy atom. The van der Waals surface area contributed by atoms with Gasteiger partial charge in [0.2, 0.25) is 0 Å². The van der Waals surface area contributed by atoms with Crippen LogP contribution in [0.5, 0.6) is 0 Å². The molecule has 0 amide bonds. The lowest BCUT2D eigenvalue weighted by Gasteiger charge is -2.30. The van der Waals surface area contributed by atoms with Crippen molar-refractivity contribution in [3.8, 4) is 0 Å². The number of alkyl halides is 3. The Morgan fingerprint density at radius 1 is 1.24 bits per heavy atom. The standard InChI is InChI=1S/C12H22F3NO/c1-2-11(10-6-4-3-5-7-10)16-8-9-17-12(13,14)15/h10-11,16H,2-9H2,1H3. The van der Waals surface area contributed by atoms with Gasteiger partial charge in [0.05, 0.1) is 6.61 Å². The Hall–Kier alpha value is -0.290. The molecule has 2 nitrogen and oxygen atoms in total. The third-order valence-corrected chi connectivity index (χ3v) is 3.43. The van der Waals surface area contributed by atoms with Crippen LogP contribution in [0.25, 0.3) is 0 Å². The summed E-state index contributed by atoms with van der Waals surface area (Å²) >= 11 is 0. The summed E-state index contributed by atoms with van der Waals surface area (Å²) in [7, 11) is 0. The van der Waals surface area contributed by atoms with Crippen LogP contribution in [0.4, 0.5) is 13.2 Å². The first kappa shape index (κ1) is 14.8. The van der Waals surface area contributed by atoms with Crippen molar-refractivity contribution in [3.63, 3.8) is 0 Å². The van der Waals surface area contributed by atoms with E-state index >= 15 is 0 Å². The van der Waals surface area contributed by atoms with Gasteiger partial charge in [-0.05, 0) is 25.2 Å². The molecule has 5 heteroatoms. The number of ether oxygens (including phenoxy) is 1. The maximum atomic E-state index is 11.8. The lowest BCUT2D eigenvalue weighted by molar-refractivity contribution is -0.323. The zero-order chi connectivity index (χ0) is 12.7. The topological polar surface area (TPSA) is 21.3 Å². The molecule has 1 saturated carbocycles. The lowest BCUT2D eigenvalue weighted by atomic mass is 9.83. The molecule has 0 heterocycles. The first-order valence-electron chi connectivity index (χ1n) is 6.47. The van der Waals surface area contributed by atoms with Gasteiger partial charge in [-0.1, -0.05) is 26.2 Å². The number of halogens is 3. The summed E-state index contributed by atoms with van der Waals surface area (Å²) in [6.45, 7) is 2.05. The maximum absolute atomic E-state index is 11.8. The molecular weight excluding hydrogens is 231 g/mol. The predicted octanol–water partition coefficient (Wildman–Crippen LogP) is 3.47. The van der Waals surface area contributed by atoms with E-state index in [0.29, 0.717) is 12.0 Å². The van der Waals surface area contributed by atoms with Crippen molar-refractivity contribution < 1.29 is 17.9 Å². The molecule has 17 heavy (non-hydrogen) atoms. The maximum Gasteiger partial charge on any atom is 0.522 e. The van der Waals surface area contributed by atoms with Crippen LogP contribution in [0.1, 0.15) is 45.4 Å². The first-order chi connectivity index (χ1) is 8.03. The third kappa shape index (κ3) is 6.27. The van der Waals surface area contributed by atoms with Crippen molar-refractivity contribution in [1.29, 1.82) is 0 Å². The fourth-order valence-corrected chi connectivity index (χ4v) is 2.59. The van der Waals surface area contributed by atoms with Crippen LogP contribution in [0, 0.1) is 5.92 Å². The monoisotopic (exact) mass is 253 g/mol. The third-order valence-electron chi connectivity index (χ3n) is 3.43. The second kappa shape index (κ2) is 7.21. The highest BCUT2D eigenvalue weighted by atomic mass is 19.4. The van der Waals surface area contributed by atoms with Gasteiger partial charge < -0.3 is 5.32 Å². The van der Waals surface area contributed by atoms with Gasteiger partial charge in [-0.2, -0.15) is 0 Å². The minimum atomic E-state index is -4.51. The fourth-order valence-electron chi connectivity index (χ4n) is 2.59. The molecule has 0 aromatic rings. The van der Waals surface area contributed by atoms with Gasteiger partial charge in [0.25, 0.3) is 0 Å². The molecule has 1 fully saturated rings. The Balaban J connectivity index is 2.18. The summed E-state index contributed by atoms with van der Waals surface area (Å²) < 4.78 is 39.0. The number of nitrogens with one attached hydrogen (secondary N) is 1. The van der Waals surface area contributed by atoms with Crippen LogP contribution in [-0.4, -0.2) is 25.6 Å². The smallest absolute Gasteiger partial charge is 0.311 e. The highest BCUT2D eigenvalue weighted by molar-refractivity contribution is 4.78. The van der Waals surface area contributed by atoms with E-state index in [1.54, 1.807) is 0 Å². The summed E-state index contributed by atoms with van der Waals surface area (Å²) in [6.07, 6.45) is 2.66. The summed E-state index contributed by atoms with van der Waals surface area (Å²) in [5.41, 5.74) is 0. The second-order valence-corrected chi connectivity index (χ2v) is 4.66. The molecule has 1 aliphatic carbocycles. The SMILES string of the molecule is CCC(NCCOC(F)(F)F)C1CCCCC1. The predicted molar refractivity (Wildman–Crippen MR) is 60.7 cm³/mol. The van der Waals surface area contributed by atoms with E-state index in [1.165, 1.54) is 32.1 Å². The molecule has 1 atom stereocenters. The largest absolute Gasteiger partial charge is 0.522 e. The van der Waals surface area contributed by atoms with Crippen LogP contribution in [-0.2, 0) is 4.74 Å². The van der Waals surface area contributed by atoms with Gasteiger partial charge in [-0.25, -0.2) is 0 Å². The summed E-state index contributed by atoms with van der Waals surface area (Å²) in [6, 6.07) is 0.340. The van der Waals surface area contributed by atoms with Crippen molar-refractivity contribution in [2.75, 3.05) is 13.2 Å². The zero-order valence-electron chi connectivity index (χ0n) is 10.4. The summed E-state index contributed by atoms with van der Waals surface area (Å²) in [5.74, 6) is 0.625. The van der Waals surface area contributed by atoms with Crippen LogP contribution in [0.15, 0.2) is 0 Å². The van der Waals surface area contributed by atoms with Gasteiger partial charge in [0.15, 0.2) is 0 Å². The van der Waals surface area contributed by atoms with Crippen LogP contribution in [0.2, 0.25) is 0 Å². The molecule has 1 N–H and O–H groups in total. The number of hydrogen-bond acceptors (Lipinski definition) is 2. The van der Waals surface area contributed by atoms with Crippen molar-refractivity contribution >= 4 is 0 Å². The van der Waals surface area contributed by atoms with E-state index in [1.807, 2.05) is 0 Å². The Labute approximate surface area is 101 Å². The molecule has 0 aromatic heterocycles. The van der Waals surface area contributed by atoms with Crippen LogP contribution < -0.4 is 5.32 Å². The highest BCUT2D eigenvalue weighted by Crippen LogP contribution is 2.27. The Kier molecular flexibility index (Phi) is 6.27. The molecule has 0 saturated heterocycles. The lowest BCUT2D eigenvalue weighted by Crippen LogP contribution is -2.39. The number of rotatable bonds is 6. The second-order valence-electron chi connectivity index (χ2n) is 4.66. The molecule has 0 aromatic carbocycles. The van der Waals surface area contributed by atoms with E-state index in [4.69, 9.17) is 0 Å². The van der Waals surface area contributed by atoms with Crippen LogP contribution >= 0.6 is 0 Å². The van der Waals surface area contributed by atoms with Crippen molar-refractivity contribution in [2.45, 2.75) is 57.9 Å². The zero-order valence-corrected chi connectivity index (χ0v) is 10.4. The average molecular weight is 253 g/mol. The van der Waals surface area contributed by atoms with Crippen molar-refractivity contribution in [1.82, 2.24) is 5.32 Å². The molecule has 1 unspecified atom stereocenters. The molecular formula is C12H22F3NO. The van der Waals surface area contributed by atoms with Gasteiger partial charge >= 0.3 is 6.36 Å². The fraction of sp³-hybridized carbons (Fsp3) is 1.00. The first-order valence-corrected chi connectivity index (χ1v) is 6.47. The molecule has 102 valence electrons. The van der Waals surface area contributed by atoms with Crippen LogP contribution in [0.3, 0.4) is 0 Å². The van der Waals surface area contributed by atoms with Crippen molar-refractivity contribution in [2.24, 2.45) is 5.92 Å². The van der Waals surface area contributed by atoms with Gasteiger partial charge in [-0.3, -0.25) is 4.74 Å². The minimum Gasteiger partial charge on any atom is -0.311 e. The Bertz CT molecular complexity index is 202. The van der Waals surface area contributed by atoms with E-state index in [0.717, 1.165) is 6.42 Å².